The number of thiophene rings is 1. The predicted octanol–water partition coefficient (Wildman–Crippen LogP) is 16.2. The minimum absolute atomic E-state index is 0.162. The lowest BCUT2D eigenvalue weighted by Crippen LogP contribution is -2.00. The molecule has 12 rings (SSSR count). The maximum atomic E-state index is 9.38. The zero-order valence-corrected chi connectivity index (χ0v) is 34.1. The average Bonchev–Trinajstić information content (AvgIpc) is 3.82. The van der Waals surface area contributed by atoms with Gasteiger partial charge in [-0.1, -0.05) is 188 Å². The largest absolute Gasteiger partial charge is 0.208 e. The van der Waals surface area contributed by atoms with E-state index in [1.165, 1.54) is 25.7 Å². The van der Waals surface area contributed by atoms with Gasteiger partial charge in [-0.15, -0.1) is 11.3 Å². The molecule has 294 valence electrons. The molecular formula is C59H37N3S. The van der Waals surface area contributed by atoms with Crippen LogP contribution in [0.5, 0.6) is 0 Å². The highest BCUT2D eigenvalue weighted by molar-refractivity contribution is 7.25. The van der Waals surface area contributed by atoms with E-state index in [0.717, 1.165) is 38.6 Å². The van der Waals surface area contributed by atoms with Crippen molar-refractivity contribution in [1.29, 1.82) is 0 Å². The Hall–Kier alpha value is -8.05. The van der Waals surface area contributed by atoms with Crippen molar-refractivity contribution in [1.82, 2.24) is 15.0 Å². The minimum atomic E-state index is -0.679. The number of hydrogen-bond donors (Lipinski definition) is 0. The number of rotatable bonds is 7. The van der Waals surface area contributed by atoms with Crippen LogP contribution in [0.2, 0.25) is 0 Å². The molecule has 0 aliphatic heterocycles. The van der Waals surface area contributed by atoms with Crippen LogP contribution in [-0.2, 0) is 0 Å². The Morgan fingerprint density at radius 1 is 0.333 bits per heavy atom. The van der Waals surface area contributed by atoms with Gasteiger partial charge in [0.2, 0.25) is 0 Å². The third-order valence-electron chi connectivity index (χ3n) is 11.2. The second-order valence-electron chi connectivity index (χ2n) is 15.1. The second-order valence-corrected chi connectivity index (χ2v) is 16.2. The molecule has 63 heavy (non-hydrogen) atoms. The van der Waals surface area contributed by atoms with E-state index in [9.17, 15) is 5.48 Å². The van der Waals surface area contributed by atoms with Gasteiger partial charge in [0.1, 0.15) is 0 Å². The Kier molecular flexibility index (Phi) is 6.62. The minimum Gasteiger partial charge on any atom is -0.208 e. The molecular weight excluding hydrogens is 783 g/mol. The Morgan fingerprint density at radius 3 is 1.71 bits per heavy atom. The summed E-state index contributed by atoms with van der Waals surface area (Å²) in [7, 11) is 0. The molecule has 0 N–H and O–H groups in total. The molecule has 0 aliphatic rings. The van der Waals surface area contributed by atoms with Crippen LogP contribution in [0.1, 0.15) is 15.1 Å². The van der Waals surface area contributed by atoms with Crippen LogP contribution in [0.25, 0.3) is 120 Å². The van der Waals surface area contributed by atoms with Gasteiger partial charge in [0.15, 0.2) is 17.5 Å². The lowest BCUT2D eigenvalue weighted by molar-refractivity contribution is 1.07. The Bertz CT molecular complexity index is 4300. The fourth-order valence-corrected chi connectivity index (χ4v) is 9.22. The van der Waals surface area contributed by atoms with Gasteiger partial charge < -0.3 is 0 Å². The SMILES string of the molecule is [2H]c1c([2H])c(-c2c([2H])c([2H])c3c([2H])c([2H])c([2H])c([2H])c3c2[2H])c([2H])c([2H])c1-c1nc(-c2ccc(-c3ccccc3)cc2)nc(-c2cccc(-c3ccc4cc(-c5cccc6sc7ccccc7c56)ccc4c3)c2)n1. The maximum absolute atomic E-state index is 9.38. The summed E-state index contributed by atoms with van der Waals surface area (Å²) >= 11 is 1.80. The van der Waals surface area contributed by atoms with E-state index >= 15 is 0 Å². The van der Waals surface area contributed by atoms with E-state index in [-0.39, 0.29) is 33.8 Å². The molecule has 0 unspecified atom stereocenters. The first-order valence-electron chi connectivity index (χ1n) is 25.9. The van der Waals surface area contributed by atoms with Crippen molar-refractivity contribution in [2.75, 3.05) is 0 Å². The zero-order valence-electron chi connectivity index (χ0n) is 44.3. The van der Waals surface area contributed by atoms with E-state index < -0.39 is 77.6 Å². The van der Waals surface area contributed by atoms with Gasteiger partial charge in [-0.3, -0.25) is 0 Å². The molecule has 0 bridgehead atoms. The highest BCUT2D eigenvalue weighted by Gasteiger charge is 2.15. The first-order chi connectivity index (χ1) is 35.8. The van der Waals surface area contributed by atoms with E-state index in [1.54, 1.807) is 11.3 Å². The van der Waals surface area contributed by atoms with Crippen molar-refractivity contribution in [2.45, 2.75) is 0 Å². The normalized spacial score (nSPS) is 13.9. The van der Waals surface area contributed by atoms with Gasteiger partial charge in [-0.2, -0.15) is 0 Å². The molecule has 4 heteroatoms. The molecule has 2 aromatic heterocycles. The number of benzene rings is 10. The summed E-state index contributed by atoms with van der Waals surface area (Å²) in [6, 6.07) is 46.1. The second kappa shape index (κ2) is 15.4. The summed E-state index contributed by atoms with van der Waals surface area (Å²) in [5, 5.41) is 3.92. The van der Waals surface area contributed by atoms with Gasteiger partial charge in [0, 0.05) is 36.9 Å². The third-order valence-corrected chi connectivity index (χ3v) is 12.4. The quantitative estimate of drug-likeness (QED) is 0.161. The zero-order chi connectivity index (χ0) is 51.3. The molecule has 3 nitrogen and oxygen atoms in total. The Balaban J connectivity index is 0.978. The van der Waals surface area contributed by atoms with Crippen LogP contribution in [0.15, 0.2) is 224 Å². The van der Waals surface area contributed by atoms with Gasteiger partial charge in [0.25, 0.3) is 0 Å². The summed E-state index contributed by atoms with van der Waals surface area (Å²) in [5.74, 6) is 0.239. The van der Waals surface area contributed by atoms with E-state index in [1.807, 2.05) is 78.9 Å². The van der Waals surface area contributed by atoms with Crippen molar-refractivity contribution in [2.24, 2.45) is 0 Å². The highest BCUT2D eigenvalue weighted by Crippen LogP contribution is 2.41. The van der Waals surface area contributed by atoms with Gasteiger partial charge in [-0.05, 0) is 102 Å². The first kappa shape index (κ1) is 27.0. The molecule has 0 aliphatic carbocycles. The smallest absolute Gasteiger partial charge is 0.164 e. The molecule has 2 heterocycles. The standard InChI is InChI=1S/C59H37N3S/c1-2-10-38(11-3-1)40-20-25-42(26-21-40)57-60-58(43-27-22-41(23-28-43)46-29-24-39-12-4-5-13-44(39)34-46)62-59(61-57)51-15-8-14-45(37-51)47-30-31-49-36-50(33-32-48(49)35-47)52-17-9-19-55-56(52)53-16-6-7-18-54(53)63-55/h1-37H/i4D,5D,12D,13D,22D,23D,24D,27D,28D,29D,34D. The first-order valence-corrected chi connectivity index (χ1v) is 21.2. The van der Waals surface area contributed by atoms with E-state index in [4.69, 9.17) is 24.5 Å². The number of hydrogen-bond acceptors (Lipinski definition) is 4. The van der Waals surface area contributed by atoms with Crippen molar-refractivity contribution >= 4 is 53.1 Å². The monoisotopic (exact) mass is 830 g/mol. The molecule has 0 spiro atoms. The number of fused-ring (bicyclic) bond motifs is 5. The summed E-state index contributed by atoms with van der Waals surface area (Å²) in [6.07, 6.45) is 0. The van der Waals surface area contributed by atoms with E-state index in [0.29, 0.717) is 11.1 Å². The lowest BCUT2D eigenvalue weighted by atomic mass is 9.95. The Labute approximate surface area is 384 Å². The number of nitrogens with zero attached hydrogens (tertiary/aromatic N) is 3. The highest BCUT2D eigenvalue weighted by atomic mass is 32.1. The molecule has 0 radical (unpaired) electrons. The van der Waals surface area contributed by atoms with Crippen LogP contribution < -0.4 is 0 Å². The number of aromatic nitrogens is 3. The fraction of sp³-hybridized carbons (Fsp3) is 0. The van der Waals surface area contributed by atoms with Crippen molar-refractivity contribution in [3.05, 3.63) is 224 Å². The van der Waals surface area contributed by atoms with Crippen molar-refractivity contribution in [3.63, 3.8) is 0 Å². The van der Waals surface area contributed by atoms with E-state index in [2.05, 4.69) is 78.9 Å². The van der Waals surface area contributed by atoms with Crippen LogP contribution in [-0.4, -0.2) is 15.0 Å². The Morgan fingerprint density at radius 2 is 0.889 bits per heavy atom. The van der Waals surface area contributed by atoms with Crippen LogP contribution in [0, 0.1) is 0 Å². The summed E-state index contributed by atoms with van der Waals surface area (Å²) in [6.45, 7) is 0. The summed E-state index contributed by atoms with van der Waals surface area (Å²) in [5.41, 5.74) is 6.07. The molecule has 0 atom stereocenters. The van der Waals surface area contributed by atoms with Crippen molar-refractivity contribution < 1.29 is 15.1 Å². The van der Waals surface area contributed by atoms with Gasteiger partial charge in [0.05, 0.1) is 15.1 Å². The average molecular weight is 831 g/mol. The lowest BCUT2D eigenvalue weighted by Gasteiger charge is -2.11. The third kappa shape index (κ3) is 6.93. The molecule has 0 saturated heterocycles. The van der Waals surface area contributed by atoms with Crippen LogP contribution in [0.3, 0.4) is 0 Å². The fourth-order valence-electron chi connectivity index (χ4n) is 8.09. The molecule has 10 aromatic carbocycles. The topological polar surface area (TPSA) is 38.7 Å². The van der Waals surface area contributed by atoms with Crippen LogP contribution >= 0.6 is 11.3 Å². The van der Waals surface area contributed by atoms with Gasteiger partial charge >= 0.3 is 0 Å². The molecule has 0 amide bonds. The molecule has 0 fully saturated rings. The predicted molar refractivity (Wildman–Crippen MR) is 266 cm³/mol. The molecule has 12 aromatic rings. The van der Waals surface area contributed by atoms with Gasteiger partial charge in [-0.25, -0.2) is 15.0 Å². The molecule has 0 saturated carbocycles. The summed E-state index contributed by atoms with van der Waals surface area (Å²) in [4.78, 5) is 14.6. The van der Waals surface area contributed by atoms with Crippen LogP contribution in [0.4, 0.5) is 0 Å². The maximum Gasteiger partial charge on any atom is 0.164 e. The van der Waals surface area contributed by atoms with Crippen molar-refractivity contribution in [3.8, 4) is 78.7 Å². The summed E-state index contributed by atoms with van der Waals surface area (Å²) < 4.78 is 100.